The summed E-state index contributed by atoms with van der Waals surface area (Å²) in [5.74, 6) is 2.35. The molecule has 0 amide bonds. The van der Waals surface area contributed by atoms with E-state index in [1.165, 1.54) is 38.5 Å². The van der Waals surface area contributed by atoms with Crippen LogP contribution < -0.4 is 9.47 Å². The first kappa shape index (κ1) is 23.2. The molecule has 2 rings (SSSR count). The Kier molecular flexibility index (Phi) is 10.9. The van der Waals surface area contributed by atoms with Gasteiger partial charge >= 0.3 is 0 Å². The Bertz CT molecular complexity index is 655. The van der Waals surface area contributed by atoms with Crippen LogP contribution in [0.5, 0.6) is 11.5 Å². The molecule has 2 nitrogen and oxygen atoms in total. The molecule has 0 bridgehead atoms. The Hall–Kier alpha value is -1.12. The zero-order valence-corrected chi connectivity index (χ0v) is 18.9. The van der Waals surface area contributed by atoms with Crippen LogP contribution in [-0.4, -0.2) is 13.2 Å². The number of ether oxygens (including phenoxy) is 2. The summed E-state index contributed by atoms with van der Waals surface area (Å²) in [6.45, 7) is 5.78. The van der Waals surface area contributed by atoms with Crippen LogP contribution in [0.4, 0.5) is 0 Å². The van der Waals surface area contributed by atoms with Gasteiger partial charge in [0.25, 0.3) is 0 Å². The number of hydrogen-bond acceptors (Lipinski definition) is 2. The first-order chi connectivity index (χ1) is 13.8. The van der Waals surface area contributed by atoms with E-state index in [1.807, 2.05) is 12.1 Å². The number of fused-ring (bicyclic) bond motifs is 1. The van der Waals surface area contributed by atoms with E-state index in [4.69, 9.17) is 32.7 Å². The monoisotopic (exact) mass is 424 g/mol. The Morgan fingerprint density at radius 3 is 1.43 bits per heavy atom. The molecule has 0 N–H and O–H groups in total. The van der Waals surface area contributed by atoms with E-state index >= 15 is 0 Å². The predicted octanol–water partition coefficient (Wildman–Crippen LogP) is 8.24. The lowest BCUT2D eigenvalue weighted by atomic mass is 9.98. The fourth-order valence-electron chi connectivity index (χ4n) is 3.50. The molecule has 0 aromatic heterocycles. The largest absolute Gasteiger partial charge is 0.489 e. The number of alkyl halides is 2. The van der Waals surface area contributed by atoms with Crippen LogP contribution in [0.3, 0.4) is 0 Å². The molecule has 28 heavy (non-hydrogen) atoms. The highest BCUT2D eigenvalue weighted by Gasteiger charge is 2.21. The SMILES string of the molecule is CCCCCCOc1c(OCCCCCC)c(CCl)c2ccccc2c1CCl. The summed E-state index contributed by atoms with van der Waals surface area (Å²) in [6, 6.07) is 8.26. The summed E-state index contributed by atoms with van der Waals surface area (Å²) < 4.78 is 12.5. The second kappa shape index (κ2) is 13.2. The lowest BCUT2D eigenvalue weighted by molar-refractivity contribution is 0.256. The number of rotatable bonds is 14. The van der Waals surface area contributed by atoms with Crippen LogP contribution in [-0.2, 0) is 11.8 Å². The number of unbranched alkanes of at least 4 members (excludes halogenated alkanes) is 6. The minimum Gasteiger partial charge on any atom is -0.489 e. The lowest BCUT2D eigenvalue weighted by Crippen LogP contribution is -2.08. The van der Waals surface area contributed by atoms with Gasteiger partial charge in [0.15, 0.2) is 11.5 Å². The smallest absolute Gasteiger partial charge is 0.166 e. The maximum absolute atomic E-state index is 6.38. The summed E-state index contributed by atoms with van der Waals surface area (Å²) in [5.41, 5.74) is 2.01. The fourth-order valence-corrected chi connectivity index (χ4v) is 4.04. The molecule has 2 aromatic rings. The van der Waals surface area contributed by atoms with Crippen LogP contribution in [0.15, 0.2) is 24.3 Å². The molecule has 0 saturated heterocycles. The van der Waals surface area contributed by atoms with E-state index in [0.29, 0.717) is 25.0 Å². The van der Waals surface area contributed by atoms with Crippen molar-refractivity contribution in [2.24, 2.45) is 0 Å². The van der Waals surface area contributed by atoms with Crippen LogP contribution in [0.1, 0.15) is 76.3 Å². The highest BCUT2D eigenvalue weighted by Crippen LogP contribution is 2.43. The number of benzene rings is 2. The molecule has 0 spiro atoms. The molecule has 0 radical (unpaired) electrons. The van der Waals surface area contributed by atoms with Crippen LogP contribution >= 0.6 is 23.2 Å². The van der Waals surface area contributed by atoms with Crippen LogP contribution in [0, 0.1) is 0 Å². The summed E-state index contributed by atoms with van der Waals surface area (Å²) in [5, 5.41) is 2.21. The van der Waals surface area contributed by atoms with E-state index in [1.54, 1.807) is 0 Å². The van der Waals surface area contributed by atoms with Gasteiger partial charge in [0.05, 0.1) is 25.0 Å². The average Bonchev–Trinajstić information content (AvgIpc) is 2.73. The first-order valence-corrected chi connectivity index (χ1v) is 11.8. The zero-order valence-electron chi connectivity index (χ0n) is 17.4. The molecule has 156 valence electrons. The van der Waals surface area contributed by atoms with E-state index in [2.05, 4.69) is 26.0 Å². The highest BCUT2D eigenvalue weighted by atomic mass is 35.5. The lowest BCUT2D eigenvalue weighted by Gasteiger charge is -2.21. The van der Waals surface area contributed by atoms with E-state index in [0.717, 1.165) is 46.2 Å². The normalized spacial score (nSPS) is 11.1. The predicted molar refractivity (Wildman–Crippen MR) is 122 cm³/mol. The van der Waals surface area contributed by atoms with Gasteiger partial charge in [-0.25, -0.2) is 0 Å². The molecule has 0 heterocycles. The third-order valence-electron chi connectivity index (χ3n) is 5.09. The van der Waals surface area contributed by atoms with E-state index in [-0.39, 0.29) is 0 Å². The molecule has 0 aliphatic carbocycles. The first-order valence-electron chi connectivity index (χ1n) is 10.7. The fraction of sp³-hybridized carbons (Fsp3) is 0.583. The van der Waals surface area contributed by atoms with Gasteiger partial charge in [-0.3, -0.25) is 0 Å². The van der Waals surface area contributed by atoms with Crippen molar-refractivity contribution in [3.05, 3.63) is 35.4 Å². The highest BCUT2D eigenvalue weighted by molar-refractivity contribution is 6.20. The number of halogens is 2. The Morgan fingerprint density at radius 2 is 1.07 bits per heavy atom. The third kappa shape index (κ3) is 6.19. The van der Waals surface area contributed by atoms with E-state index in [9.17, 15) is 0 Å². The van der Waals surface area contributed by atoms with Crippen molar-refractivity contribution < 1.29 is 9.47 Å². The second-order valence-corrected chi connectivity index (χ2v) is 7.78. The van der Waals surface area contributed by atoms with Gasteiger partial charge in [0, 0.05) is 11.1 Å². The van der Waals surface area contributed by atoms with Crippen molar-refractivity contribution >= 4 is 34.0 Å². The average molecular weight is 425 g/mol. The van der Waals surface area contributed by atoms with Crippen molar-refractivity contribution in [2.75, 3.05) is 13.2 Å². The maximum atomic E-state index is 6.38. The molecule has 0 aliphatic heterocycles. The number of hydrogen-bond donors (Lipinski definition) is 0. The maximum Gasteiger partial charge on any atom is 0.166 e. The zero-order chi connectivity index (χ0) is 20.2. The Morgan fingerprint density at radius 1 is 0.643 bits per heavy atom. The van der Waals surface area contributed by atoms with Crippen LogP contribution in [0.25, 0.3) is 10.8 Å². The molecule has 0 aliphatic rings. The summed E-state index contributed by atoms with van der Waals surface area (Å²) in [7, 11) is 0. The standard InChI is InChI=1S/C24H34Cl2O2/c1-3-5-7-11-15-27-23-21(17-25)19-13-9-10-14-20(19)22(18-26)24(23)28-16-12-8-6-4-2/h9-10,13-14H,3-8,11-12,15-18H2,1-2H3. The van der Waals surface area contributed by atoms with Gasteiger partial charge < -0.3 is 9.47 Å². The summed E-state index contributed by atoms with van der Waals surface area (Å²) in [4.78, 5) is 0. The van der Waals surface area contributed by atoms with Gasteiger partial charge in [-0.15, -0.1) is 23.2 Å². The second-order valence-electron chi connectivity index (χ2n) is 7.25. The van der Waals surface area contributed by atoms with Crippen molar-refractivity contribution in [3.63, 3.8) is 0 Å². The molecule has 0 atom stereocenters. The van der Waals surface area contributed by atoms with Gasteiger partial charge in [0.2, 0.25) is 0 Å². The summed E-state index contributed by atoms with van der Waals surface area (Å²) in [6.07, 6.45) is 9.32. The minimum atomic E-state index is 0.388. The molecule has 0 fully saturated rings. The third-order valence-corrected chi connectivity index (χ3v) is 5.62. The topological polar surface area (TPSA) is 18.5 Å². The molecular weight excluding hydrogens is 391 g/mol. The van der Waals surface area contributed by atoms with Crippen molar-refractivity contribution in [3.8, 4) is 11.5 Å². The minimum absolute atomic E-state index is 0.388. The molecule has 2 aromatic carbocycles. The van der Waals surface area contributed by atoms with Crippen LogP contribution in [0.2, 0.25) is 0 Å². The van der Waals surface area contributed by atoms with Gasteiger partial charge in [-0.2, -0.15) is 0 Å². The quantitative estimate of drug-likeness (QED) is 0.224. The van der Waals surface area contributed by atoms with Crippen molar-refractivity contribution in [2.45, 2.75) is 77.0 Å². The van der Waals surface area contributed by atoms with Crippen molar-refractivity contribution in [1.82, 2.24) is 0 Å². The Balaban J connectivity index is 2.34. The molecule has 0 unspecified atom stereocenters. The molecule has 0 saturated carbocycles. The van der Waals surface area contributed by atoms with Crippen molar-refractivity contribution in [1.29, 1.82) is 0 Å². The molecular formula is C24H34Cl2O2. The van der Waals surface area contributed by atoms with Gasteiger partial charge in [-0.1, -0.05) is 76.6 Å². The summed E-state index contributed by atoms with van der Waals surface area (Å²) >= 11 is 12.8. The van der Waals surface area contributed by atoms with E-state index < -0.39 is 0 Å². The van der Waals surface area contributed by atoms with Gasteiger partial charge in [-0.05, 0) is 23.6 Å². The van der Waals surface area contributed by atoms with Gasteiger partial charge in [0.1, 0.15) is 0 Å². The Labute approximate surface area is 180 Å². The molecule has 4 heteroatoms.